The van der Waals surface area contributed by atoms with Crippen molar-refractivity contribution in [1.82, 2.24) is 5.01 Å². The van der Waals surface area contributed by atoms with Gasteiger partial charge in [-0.1, -0.05) is 39.2 Å². The summed E-state index contributed by atoms with van der Waals surface area (Å²) < 4.78 is 0. The Hall–Kier alpha value is -0.500. The zero-order valence-electron chi connectivity index (χ0n) is 11.4. The first-order valence-electron chi connectivity index (χ1n) is 6.68. The smallest absolute Gasteiger partial charge is 0.0222 e. The van der Waals surface area contributed by atoms with Crippen molar-refractivity contribution in [2.45, 2.75) is 52.9 Å². The summed E-state index contributed by atoms with van der Waals surface area (Å²) in [5.74, 6) is 8.16. The number of rotatable bonds is 2. The second kappa shape index (κ2) is 6.29. The normalized spacial score (nSPS) is 30.2. The van der Waals surface area contributed by atoms with Gasteiger partial charge in [-0.15, -0.1) is 0 Å². The summed E-state index contributed by atoms with van der Waals surface area (Å²) in [5, 5.41) is 1.71. The summed E-state index contributed by atoms with van der Waals surface area (Å²) in [6, 6.07) is 0. The zero-order chi connectivity index (χ0) is 12.1. The Morgan fingerprint density at radius 1 is 1.31 bits per heavy atom. The molecule has 2 atom stereocenters. The van der Waals surface area contributed by atoms with E-state index in [1.165, 1.54) is 37.7 Å². The van der Waals surface area contributed by atoms with E-state index >= 15 is 0 Å². The van der Waals surface area contributed by atoms with Crippen LogP contribution in [-0.2, 0) is 0 Å². The van der Waals surface area contributed by atoms with E-state index in [4.69, 9.17) is 5.84 Å². The highest BCUT2D eigenvalue weighted by molar-refractivity contribution is 5.05. The van der Waals surface area contributed by atoms with Crippen molar-refractivity contribution in [3.05, 3.63) is 11.8 Å². The van der Waals surface area contributed by atoms with E-state index in [0.29, 0.717) is 5.92 Å². The predicted octanol–water partition coefficient (Wildman–Crippen LogP) is 3.55. The quantitative estimate of drug-likeness (QED) is 0.574. The van der Waals surface area contributed by atoms with Crippen LogP contribution in [0.1, 0.15) is 52.9 Å². The van der Waals surface area contributed by atoms with Crippen molar-refractivity contribution in [3.8, 4) is 0 Å². The van der Waals surface area contributed by atoms with Crippen LogP contribution < -0.4 is 5.84 Å². The molecule has 0 bridgehead atoms. The Morgan fingerprint density at radius 3 is 2.56 bits per heavy atom. The fourth-order valence-corrected chi connectivity index (χ4v) is 2.73. The average molecular weight is 224 g/mol. The van der Waals surface area contributed by atoms with Crippen molar-refractivity contribution in [1.29, 1.82) is 0 Å². The largest absolute Gasteiger partial charge is 0.321 e. The van der Waals surface area contributed by atoms with E-state index in [2.05, 4.69) is 27.0 Å². The maximum atomic E-state index is 5.73. The van der Waals surface area contributed by atoms with Gasteiger partial charge in [0.25, 0.3) is 0 Å². The van der Waals surface area contributed by atoms with Crippen molar-refractivity contribution in [3.63, 3.8) is 0 Å². The molecule has 2 N–H and O–H groups in total. The summed E-state index contributed by atoms with van der Waals surface area (Å²) in [6.45, 7) is 7.05. The molecule has 2 unspecified atom stereocenters. The third kappa shape index (κ3) is 4.17. The Balaban J connectivity index is 2.64. The molecule has 1 aliphatic carbocycles. The highest BCUT2D eigenvalue weighted by Crippen LogP contribution is 2.33. The van der Waals surface area contributed by atoms with Gasteiger partial charge in [0.2, 0.25) is 0 Å². The first-order chi connectivity index (χ1) is 7.50. The lowest BCUT2D eigenvalue weighted by Gasteiger charge is -2.28. The van der Waals surface area contributed by atoms with E-state index in [1.807, 2.05) is 7.05 Å². The van der Waals surface area contributed by atoms with Gasteiger partial charge in [-0.2, -0.15) is 0 Å². The molecule has 2 heteroatoms. The fraction of sp³-hybridized carbons (Fsp3) is 0.857. The first-order valence-corrected chi connectivity index (χ1v) is 6.68. The van der Waals surface area contributed by atoms with Crippen molar-refractivity contribution in [2.75, 3.05) is 7.05 Å². The number of hydrazine groups is 1. The first kappa shape index (κ1) is 13.6. The summed E-state index contributed by atoms with van der Waals surface area (Å²) >= 11 is 0. The molecule has 0 amide bonds. The van der Waals surface area contributed by atoms with Crippen LogP contribution in [-0.4, -0.2) is 12.1 Å². The maximum absolute atomic E-state index is 5.73. The Morgan fingerprint density at radius 2 is 2.00 bits per heavy atom. The van der Waals surface area contributed by atoms with Crippen LogP contribution in [0.5, 0.6) is 0 Å². The van der Waals surface area contributed by atoms with Gasteiger partial charge in [0, 0.05) is 13.2 Å². The predicted molar refractivity (Wildman–Crippen MR) is 70.6 cm³/mol. The number of nitrogens with zero attached hydrogens (tertiary/aromatic N) is 1. The molecule has 0 saturated heterocycles. The summed E-state index contributed by atoms with van der Waals surface area (Å²) in [5.41, 5.74) is 1.54. The van der Waals surface area contributed by atoms with Crippen LogP contribution >= 0.6 is 0 Å². The topological polar surface area (TPSA) is 29.3 Å². The van der Waals surface area contributed by atoms with Crippen LogP contribution in [0, 0.1) is 17.8 Å². The van der Waals surface area contributed by atoms with Crippen LogP contribution in [0.2, 0.25) is 0 Å². The average Bonchev–Trinajstić information content (AvgIpc) is 2.16. The molecule has 0 radical (unpaired) electrons. The molecule has 0 heterocycles. The molecule has 16 heavy (non-hydrogen) atoms. The lowest BCUT2D eigenvalue weighted by Crippen LogP contribution is -2.22. The Bertz CT molecular complexity index is 231. The number of allylic oxidation sites excluding steroid dienone is 1. The molecule has 1 aliphatic rings. The Kier molecular flexibility index (Phi) is 5.33. The molecule has 1 rings (SSSR count). The lowest BCUT2D eigenvalue weighted by atomic mass is 9.79. The molecule has 2 nitrogen and oxygen atoms in total. The minimum atomic E-state index is 0.708. The molecule has 1 fully saturated rings. The third-order valence-electron chi connectivity index (χ3n) is 3.96. The lowest BCUT2D eigenvalue weighted by molar-refractivity contribution is 0.298. The molecule has 1 saturated carbocycles. The van der Waals surface area contributed by atoms with Crippen LogP contribution in [0.3, 0.4) is 0 Å². The van der Waals surface area contributed by atoms with Gasteiger partial charge in [0.1, 0.15) is 0 Å². The van der Waals surface area contributed by atoms with E-state index in [0.717, 1.165) is 11.8 Å². The molecule has 94 valence electrons. The summed E-state index contributed by atoms with van der Waals surface area (Å²) in [7, 11) is 1.92. The van der Waals surface area contributed by atoms with Gasteiger partial charge in [0.15, 0.2) is 0 Å². The molecular weight excluding hydrogens is 196 g/mol. The van der Waals surface area contributed by atoms with E-state index in [9.17, 15) is 0 Å². The van der Waals surface area contributed by atoms with Gasteiger partial charge in [-0.25, -0.2) is 5.84 Å². The van der Waals surface area contributed by atoms with Gasteiger partial charge >= 0.3 is 0 Å². The highest BCUT2D eigenvalue weighted by Gasteiger charge is 2.19. The van der Waals surface area contributed by atoms with Crippen molar-refractivity contribution in [2.24, 2.45) is 23.6 Å². The molecule has 0 aromatic carbocycles. The van der Waals surface area contributed by atoms with E-state index < -0.39 is 0 Å². The Labute approximate surface area is 101 Å². The monoisotopic (exact) mass is 224 g/mol. The van der Waals surface area contributed by atoms with Gasteiger partial charge in [-0.05, 0) is 37.0 Å². The van der Waals surface area contributed by atoms with Gasteiger partial charge in [-0.3, -0.25) is 0 Å². The highest BCUT2D eigenvalue weighted by atomic mass is 15.4. The second-order valence-electron chi connectivity index (χ2n) is 5.74. The minimum Gasteiger partial charge on any atom is -0.321 e. The molecule has 0 aromatic rings. The van der Waals surface area contributed by atoms with Gasteiger partial charge < -0.3 is 5.01 Å². The van der Waals surface area contributed by atoms with Crippen LogP contribution in [0.4, 0.5) is 0 Å². The summed E-state index contributed by atoms with van der Waals surface area (Å²) in [4.78, 5) is 0. The number of hydrogen-bond acceptors (Lipinski definition) is 2. The third-order valence-corrected chi connectivity index (χ3v) is 3.96. The maximum Gasteiger partial charge on any atom is 0.0222 e. The molecule has 0 spiro atoms. The van der Waals surface area contributed by atoms with E-state index in [1.54, 1.807) is 5.01 Å². The zero-order valence-corrected chi connectivity index (χ0v) is 11.4. The fourth-order valence-electron chi connectivity index (χ4n) is 2.73. The standard InChI is InChI=1S/C14H28N2/c1-11(2)13-7-5-6-12(3)14(9-8-13)10-16(4)15/h10-13H,5-9,15H2,1-4H3/b14-10-. The van der Waals surface area contributed by atoms with Gasteiger partial charge in [0.05, 0.1) is 0 Å². The minimum absolute atomic E-state index is 0.708. The molecule has 0 aliphatic heterocycles. The van der Waals surface area contributed by atoms with Crippen molar-refractivity contribution < 1.29 is 0 Å². The molecule has 0 aromatic heterocycles. The second-order valence-corrected chi connectivity index (χ2v) is 5.74. The van der Waals surface area contributed by atoms with E-state index in [-0.39, 0.29) is 0 Å². The SMILES string of the molecule is CC1CCCC(C(C)C)CC/C1=C/N(C)N. The van der Waals surface area contributed by atoms with Crippen molar-refractivity contribution >= 4 is 0 Å². The number of hydrogen-bond donors (Lipinski definition) is 1. The van der Waals surface area contributed by atoms with Crippen LogP contribution in [0.25, 0.3) is 0 Å². The summed E-state index contributed by atoms with van der Waals surface area (Å²) in [6.07, 6.45) is 8.80. The van der Waals surface area contributed by atoms with Crippen LogP contribution in [0.15, 0.2) is 11.8 Å². The molecular formula is C14H28N2. The number of nitrogens with two attached hydrogens (primary N) is 1.